The molecule has 2 aromatic heterocycles. The summed E-state index contributed by atoms with van der Waals surface area (Å²) in [5.74, 6) is -1.46. The molecular weight excluding hydrogens is 304 g/mol. The third kappa shape index (κ3) is 2.69. The van der Waals surface area contributed by atoms with Crippen LogP contribution in [-0.2, 0) is 0 Å². The molecule has 3 rings (SSSR count). The molecule has 2 heterocycles. The number of carbonyl (C=O) groups excluding carboxylic acids is 1. The molecule has 8 nitrogen and oxygen atoms in total. The van der Waals surface area contributed by atoms with Crippen LogP contribution in [-0.4, -0.2) is 15.9 Å². The number of furan rings is 1. The van der Waals surface area contributed by atoms with Crippen LogP contribution < -0.4 is 10.3 Å². The third-order valence-electron chi connectivity index (χ3n) is 3.12. The number of nitro groups is 1. The monoisotopic (exact) mass is 314 g/mol. The number of ether oxygens (including phenoxy) is 1. The summed E-state index contributed by atoms with van der Waals surface area (Å²) in [6.45, 7) is 1.52. The van der Waals surface area contributed by atoms with E-state index in [-0.39, 0.29) is 5.76 Å². The van der Waals surface area contributed by atoms with Gasteiger partial charge in [0, 0.05) is 17.1 Å². The maximum atomic E-state index is 12.1. The Kier molecular flexibility index (Phi) is 3.41. The normalized spacial score (nSPS) is 10.7. The highest BCUT2D eigenvalue weighted by Gasteiger charge is 2.25. The lowest BCUT2D eigenvalue weighted by molar-refractivity contribution is -0.387. The van der Waals surface area contributed by atoms with Gasteiger partial charge in [-0.05, 0) is 19.1 Å². The number of hydrogen-bond acceptors (Lipinski definition) is 6. The number of benzene rings is 1. The van der Waals surface area contributed by atoms with Gasteiger partial charge in [0.1, 0.15) is 5.58 Å². The first kappa shape index (κ1) is 14.5. The van der Waals surface area contributed by atoms with Crippen molar-refractivity contribution in [2.45, 2.75) is 6.92 Å². The fraction of sp³-hybridized carbons (Fsp3) is 0.0667. The summed E-state index contributed by atoms with van der Waals surface area (Å²) in [6.07, 6.45) is 0. The summed E-state index contributed by atoms with van der Waals surface area (Å²) in [7, 11) is 0. The molecule has 0 saturated heterocycles. The lowest BCUT2D eigenvalue weighted by atomic mass is 10.2. The van der Waals surface area contributed by atoms with Crippen LogP contribution in [0.4, 0.5) is 5.69 Å². The number of esters is 1. The molecule has 23 heavy (non-hydrogen) atoms. The van der Waals surface area contributed by atoms with Crippen LogP contribution in [0.2, 0.25) is 0 Å². The van der Waals surface area contributed by atoms with Crippen molar-refractivity contribution in [2.24, 2.45) is 0 Å². The minimum atomic E-state index is -0.942. The summed E-state index contributed by atoms with van der Waals surface area (Å²) in [4.78, 5) is 36.1. The van der Waals surface area contributed by atoms with Crippen molar-refractivity contribution < 1.29 is 18.9 Å². The van der Waals surface area contributed by atoms with Crippen LogP contribution in [0.15, 0.2) is 45.6 Å². The van der Waals surface area contributed by atoms with Crippen LogP contribution in [0.3, 0.4) is 0 Å². The summed E-state index contributed by atoms with van der Waals surface area (Å²) >= 11 is 0. The molecule has 0 fully saturated rings. The molecule has 0 spiro atoms. The number of aryl methyl sites for hydroxylation is 1. The van der Waals surface area contributed by atoms with Gasteiger partial charge in [0.25, 0.3) is 0 Å². The lowest BCUT2D eigenvalue weighted by Crippen LogP contribution is -2.17. The first-order chi connectivity index (χ1) is 11.0. The molecule has 0 saturated carbocycles. The smallest absolute Gasteiger partial charge is 0.379 e. The maximum Gasteiger partial charge on any atom is 0.379 e. The van der Waals surface area contributed by atoms with E-state index in [1.165, 1.54) is 19.1 Å². The number of aromatic nitrogens is 1. The number of H-pyrrole nitrogens is 1. The van der Waals surface area contributed by atoms with Crippen molar-refractivity contribution in [1.29, 1.82) is 0 Å². The Morgan fingerprint density at radius 2 is 2.04 bits per heavy atom. The van der Waals surface area contributed by atoms with Gasteiger partial charge < -0.3 is 14.1 Å². The first-order valence-corrected chi connectivity index (χ1v) is 6.55. The number of nitrogens with one attached hydrogen (secondary N) is 1. The van der Waals surface area contributed by atoms with E-state index in [0.29, 0.717) is 16.7 Å². The minimum absolute atomic E-state index is 0.113. The van der Waals surface area contributed by atoms with Crippen LogP contribution in [0, 0.1) is 17.0 Å². The summed E-state index contributed by atoms with van der Waals surface area (Å²) in [5, 5.41) is 11.7. The number of para-hydroxylation sites is 1. The Balaban J connectivity index is 2.00. The van der Waals surface area contributed by atoms with E-state index >= 15 is 0 Å². The average Bonchev–Trinajstić information content (AvgIpc) is 2.90. The van der Waals surface area contributed by atoms with Crippen molar-refractivity contribution in [3.63, 3.8) is 0 Å². The van der Waals surface area contributed by atoms with Crippen molar-refractivity contribution in [1.82, 2.24) is 4.98 Å². The number of fused-ring (bicyclic) bond motifs is 1. The Bertz CT molecular complexity index is 952. The molecule has 0 radical (unpaired) electrons. The fourth-order valence-electron chi connectivity index (χ4n) is 2.13. The number of rotatable bonds is 3. The van der Waals surface area contributed by atoms with Crippen molar-refractivity contribution >= 4 is 22.6 Å². The van der Waals surface area contributed by atoms with E-state index in [2.05, 4.69) is 4.98 Å². The highest BCUT2D eigenvalue weighted by Crippen LogP contribution is 2.25. The van der Waals surface area contributed by atoms with Crippen molar-refractivity contribution in [2.75, 3.05) is 0 Å². The van der Waals surface area contributed by atoms with Crippen molar-refractivity contribution in [3.8, 4) is 5.75 Å². The number of aromatic amines is 1. The highest BCUT2D eigenvalue weighted by atomic mass is 16.6. The summed E-state index contributed by atoms with van der Waals surface area (Å²) in [5.41, 5.74) is -0.966. The van der Waals surface area contributed by atoms with Gasteiger partial charge in [0.15, 0.2) is 0 Å². The standard InChI is InChI=1S/C15H10N2O6/c1-8-6-11(13(17(20)21)14(18)16-8)23-15(19)12-7-9-4-2-3-5-10(9)22-12/h2-7H,1H3,(H,16,18). The molecule has 1 N–H and O–H groups in total. The molecule has 0 aliphatic carbocycles. The zero-order valence-corrected chi connectivity index (χ0v) is 11.9. The molecule has 0 aliphatic heterocycles. The van der Waals surface area contributed by atoms with Crippen LogP contribution >= 0.6 is 0 Å². The van der Waals surface area contributed by atoms with Gasteiger partial charge in [0.05, 0.1) is 4.92 Å². The Morgan fingerprint density at radius 1 is 1.30 bits per heavy atom. The molecule has 116 valence electrons. The molecule has 1 aromatic carbocycles. The van der Waals surface area contributed by atoms with Crippen LogP contribution in [0.5, 0.6) is 5.75 Å². The third-order valence-corrected chi connectivity index (χ3v) is 3.12. The van der Waals surface area contributed by atoms with Gasteiger partial charge in [-0.1, -0.05) is 18.2 Å². The zero-order valence-electron chi connectivity index (χ0n) is 11.9. The van der Waals surface area contributed by atoms with Gasteiger partial charge in [0.2, 0.25) is 11.5 Å². The topological polar surface area (TPSA) is 115 Å². The van der Waals surface area contributed by atoms with Crippen LogP contribution in [0.1, 0.15) is 16.2 Å². The van der Waals surface area contributed by atoms with E-state index in [1.807, 2.05) is 0 Å². The molecule has 8 heteroatoms. The number of pyridine rings is 1. The predicted octanol–water partition coefficient (Wildman–Crippen LogP) is 2.56. The SMILES string of the molecule is Cc1cc(OC(=O)c2cc3ccccc3o2)c([N+](=O)[O-])c(=O)[nH]1. The molecule has 0 bridgehead atoms. The van der Waals surface area contributed by atoms with Gasteiger partial charge >= 0.3 is 17.2 Å². The predicted molar refractivity (Wildman–Crippen MR) is 79.6 cm³/mol. The second-order valence-corrected chi connectivity index (χ2v) is 4.79. The Morgan fingerprint density at radius 3 is 2.74 bits per heavy atom. The van der Waals surface area contributed by atoms with Gasteiger partial charge in [-0.25, -0.2) is 4.79 Å². The second kappa shape index (κ2) is 5.41. The van der Waals surface area contributed by atoms with Crippen molar-refractivity contribution in [3.05, 3.63) is 68.3 Å². The average molecular weight is 314 g/mol. The Labute approximate surface area is 128 Å². The van der Waals surface area contributed by atoms with Crippen LogP contribution in [0.25, 0.3) is 11.0 Å². The van der Waals surface area contributed by atoms with Gasteiger partial charge in [-0.15, -0.1) is 0 Å². The van der Waals surface area contributed by atoms with E-state index in [1.54, 1.807) is 24.3 Å². The molecule has 0 amide bonds. The molecule has 0 atom stereocenters. The molecule has 0 aliphatic rings. The second-order valence-electron chi connectivity index (χ2n) is 4.79. The van der Waals surface area contributed by atoms with Gasteiger partial charge in [-0.2, -0.15) is 0 Å². The van der Waals surface area contributed by atoms with E-state index in [0.717, 1.165) is 0 Å². The number of carbonyl (C=O) groups is 1. The molecule has 3 aromatic rings. The summed E-state index contributed by atoms with van der Waals surface area (Å²) in [6, 6.07) is 9.61. The maximum absolute atomic E-state index is 12.1. The minimum Gasteiger partial charge on any atom is -0.449 e. The van der Waals surface area contributed by atoms with E-state index in [4.69, 9.17) is 9.15 Å². The highest BCUT2D eigenvalue weighted by molar-refractivity contribution is 5.94. The lowest BCUT2D eigenvalue weighted by Gasteiger charge is -2.03. The zero-order chi connectivity index (χ0) is 16.6. The molecule has 0 unspecified atom stereocenters. The largest absolute Gasteiger partial charge is 0.449 e. The fourth-order valence-corrected chi connectivity index (χ4v) is 2.13. The van der Waals surface area contributed by atoms with E-state index < -0.39 is 27.9 Å². The first-order valence-electron chi connectivity index (χ1n) is 6.55. The number of hydrogen-bond donors (Lipinski definition) is 1. The van der Waals surface area contributed by atoms with Gasteiger partial charge in [-0.3, -0.25) is 14.9 Å². The Hall–Kier alpha value is -3.42. The molecular formula is C15H10N2O6. The number of nitrogens with zero attached hydrogens (tertiary/aromatic N) is 1. The summed E-state index contributed by atoms with van der Waals surface area (Å²) < 4.78 is 10.3. The van der Waals surface area contributed by atoms with E-state index in [9.17, 15) is 19.7 Å². The quantitative estimate of drug-likeness (QED) is 0.451.